The molecule has 2 aromatic rings. The van der Waals surface area contributed by atoms with Gasteiger partial charge in [0.1, 0.15) is 12.4 Å². The largest absolute Gasteiger partial charge is 0.503 e. The monoisotopic (exact) mass is 409 g/mol. The number of carbonyl (C=O) groups excluding carboxylic acids is 2. The second kappa shape index (κ2) is 8.59. The molecule has 7 heteroatoms. The van der Waals surface area contributed by atoms with E-state index >= 15 is 0 Å². The Balaban J connectivity index is 1.70. The summed E-state index contributed by atoms with van der Waals surface area (Å²) in [4.78, 5) is 27.5. The first-order chi connectivity index (χ1) is 14.6. The molecule has 1 aromatic carbocycles. The van der Waals surface area contributed by atoms with E-state index in [1.165, 1.54) is 17.2 Å². The standard InChI is InChI=1S/C23H23NO6/c1-2-11-28-16-9-7-15(8-10-16)20-19(21(25)18-6-4-13-30-18)22(26)23(27)24(20)14-17-5-3-12-29-17/h2,4,6-10,13,17,20,26H,1,3,5,11-12,14H2. The van der Waals surface area contributed by atoms with Crippen molar-refractivity contribution in [3.05, 3.63) is 78.0 Å². The van der Waals surface area contributed by atoms with Crippen LogP contribution < -0.4 is 4.74 Å². The molecular formula is C23H23NO6. The minimum absolute atomic E-state index is 0.00714. The number of amides is 1. The van der Waals surface area contributed by atoms with E-state index in [1.807, 2.05) is 0 Å². The van der Waals surface area contributed by atoms with E-state index in [4.69, 9.17) is 13.9 Å². The minimum Gasteiger partial charge on any atom is -0.503 e. The lowest BCUT2D eigenvalue weighted by molar-refractivity contribution is -0.131. The molecule has 1 saturated heterocycles. The molecule has 0 saturated carbocycles. The normalized spacial score (nSPS) is 21.3. The molecule has 0 spiro atoms. The first-order valence-corrected chi connectivity index (χ1v) is 9.87. The van der Waals surface area contributed by atoms with Crippen LogP contribution in [0.25, 0.3) is 0 Å². The molecule has 2 atom stereocenters. The van der Waals surface area contributed by atoms with Crippen molar-refractivity contribution in [3.8, 4) is 5.75 Å². The summed E-state index contributed by atoms with van der Waals surface area (Å²) < 4.78 is 16.4. The van der Waals surface area contributed by atoms with Gasteiger partial charge in [0, 0.05) is 13.2 Å². The molecule has 2 unspecified atom stereocenters. The van der Waals surface area contributed by atoms with Crippen molar-refractivity contribution in [2.45, 2.75) is 25.0 Å². The predicted octanol–water partition coefficient (Wildman–Crippen LogP) is 3.60. The van der Waals surface area contributed by atoms with Gasteiger partial charge in [0.15, 0.2) is 11.5 Å². The van der Waals surface area contributed by atoms with E-state index < -0.39 is 23.5 Å². The van der Waals surface area contributed by atoms with Gasteiger partial charge in [-0.15, -0.1) is 0 Å². The van der Waals surface area contributed by atoms with Gasteiger partial charge in [-0.25, -0.2) is 0 Å². The number of furan rings is 1. The molecule has 2 aliphatic heterocycles. The van der Waals surface area contributed by atoms with Crippen LogP contribution in [-0.2, 0) is 9.53 Å². The van der Waals surface area contributed by atoms with Gasteiger partial charge in [-0.05, 0) is 42.7 Å². The van der Waals surface area contributed by atoms with E-state index in [2.05, 4.69) is 6.58 Å². The topological polar surface area (TPSA) is 89.2 Å². The number of ketones is 1. The van der Waals surface area contributed by atoms with Gasteiger partial charge in [-0.3, -0.25) is 9.59 Å². The number of rotatable bonds is 8. The number of benzene rings is 1. The average Bonchev–Trinajstić information content (AvgIpc) is 3.51. The van der Waals surface area contributed by atoms with Crippen LogP contribution in [0.2, 0.25) is 0 Å². The van der Waals surface area contributed by atoms with E-state index in [0.29, 0.717) is 24.5 Å². The highest BCUT2D eigenvalue weighted by Crippen LogP contribution is 2.40. The summed E-state index contributed by atoms with van der Waals surface area (Å²) in [5.41, 5.74) is 0.693. The quantitative estimate of drug-likeness (QED) is 0.529. The molecule has 1 N–H and O–H groups in total. The van der Waals surface area contributed by atoms with Crippen LogP contribution >= 0.6 is 0 Å². The number of carbonyl (C=O) groups is 2. The van der Waals surface area contributed by atoms with Crippen molar-refractivity contribution in [2.24, 2.45) is 0 Å². The van der Waals surface area contributed by atoms with Crippen LogP contribution in [0.1, 0.15) is 35.0 Å². The van der Waals surface area contributed by atoms with Crippen molar-refractivity contribution >= 4 is 11.7 Å². The maximum absolute atomic E-state index is 13.1. The fourth-order valence-corrected chi connectivity index (χ4v) is 3.87. The molecule has 0 aliphatic carbocycles. The summed E-state index contributed by atoms with van der Waals surface area (Å²) in [5.74, 6) is -0.943. The lowest BCUT2D eigenvalue weighted by Crippen LogP contribution is -2.37. The van der Waals surface area contributed by atoms with Crippen molar-refractivity contribution in [2.75, 3.05) is 19.8 Å². The minimum atomic E-state index is -0.743. The Morgan fingerprint density at radius 2 is 2.10 bits per heavy atom. The Hall–Kier alpha value is -3.32. The molecule has 7 nitrogen and oxygen atoms in total. The number of nitrogens with zero attached hydrogens (tertiary/aromatic N) is 1. The molecule has 1 fully saturated rings. The summed E-state index contributed by atoms with van der Waals surface area (Å²) in [6.07, 6.45) is 4.65. The number of hydrogen-bond acceptors (Lipinski definition) is 6. The summed E-state index contributed by atoms with van der Waals surface area (Å²) in [6.45, 7) is 4.93. The maximum atomic E-state index is 13.1. The third kappa shape index (κ3) is 3.76. The fourth-order valence-electron chi connectivity index (χ4n) is 3.87. The van der Waals surface area contributed by atoms with E-state index in [0.717, 1.165) is 12.8 Å². The molecule has 1 amide bonds. The highest BCUT2D eigenvalue weighted by molar-refractivity contribution is 6.15. The van der Waals surface area contributed by atoms with Crippen LogP contribution in [0.4, 0.5) is 0 Å². The zero-order chi connectivity index (χ0) is 21.1. The summed E-state index contributed by atoms with van der Waals surface area (Å²) in [6, 6.07) is 9.45. The van der Waals surface area contributed by atoms with Crippen LogP contribution in [0, 0.1) is 0 Å². The molecule has 30 heavy (non-hydrogen) atoms. The van der Waals surface area contributed by atoms with Crippen molar-refractivity contribution < 1.29 is 28.6 Å². The molecule has 2 aliphatic rings. The molecular weight excluding hydrogens is 386 g/mol. The molecule has 1 aromatic heterocycles. The molecule has 0 bridgehead atoms. The first-order valence-electron chi connectivity index (χ1n) is 9.87. The van der Waals surface area contributed by atoms with Gasteiger partial charge in [0.2, 0.25) is 5.78 Å². The number of aliphatic hydroxyl groups is 1. The lowest BCUT2D eigenvalue weighted by Gasteiger charge is -2.28. The second-order valence-corrected chi connectivity index (χ2v) is 7.23. The highest BCUT2D eigenvalue weighted by atomic mass is 16.5. The number of ether oxygens (including phenoxy) is 2. The number of Topliss-reactive ketones (excluding diaryl/α,β-unsaturated/α-hetero) is 1. The molecule has 0 radical (unpaired) electrons. The number of aliphatic hydroxyl groups excluding tert-OH is 1. The molecule has 3 heterocycles. The van der Waals surface area contributed by atoms with E-state index in [-0.39, 0.29) is 24.0 Å². The van der Waals surface area contributed by atoms with Crippen LogP contribution in [0.3, 0.4) is 0 Å². The smallest absolute Gasteiger partial charge is 0.290 e. The molecule has 156 valence electrons. The van der Waals surface area contributed by atoms with Gasteiger partial charge < -0.3 is 23.9 Å². The van der Waals surface area contributed by atoms with Crippen molar-refractivity contribution in [1.29, 1.82) is 0 Å². The lowest BCUT2D eigenvalue weighted by atomic mass is 9.95. The third-order valence-electron chi connectivity index (χ3n) is 5.28. The third-order valence-corrected chi connectivity index (χ3v) is 5.28. The van der Waals surface area contributed by atoms with Gasteiger partial charge in [0.25, 0.3) is 5.91 Å². The predicted molar refractivity (Wildman–Crippen MR) is 108 cm³/mol. The van der Waals surface area contributed by atoms with E-state index in [1.54, 1.807) is 36.4 Å². The summed E-state index contributed by atoms with van der Waals surface area (Å²) in [5, 5.41) is 10.6. The average molecular weight is 409 g/mol. The van der Waals surface area contributed by atoms with Crippen LogP contribution in [-0.4, -0.2) is 47.6 Å². The Labute approximate surface area is 174 Å². The Morgan fingerprint density at radius 3 is 2.73 bits per heavy atom. The van der Waals surface area contributed by atoms with Gasteiger partial charge in [-0.1, -0.05) is 24.8 Å². The van der Waals surface area contributed by atoms with Crippen LogP contribution in [0.5, 0.6) is 5.75 Å². The van der Waals surface area contributed by atoms with Crippen molar-refractivity contribution in [1.82, 2.24) is 4.90 Å². The Kier molecular flexibility index (Phi) is 5.72. The van der Waals surface area contributed by atoms with Gasteiger partial charge in [0.05, 0.1) is 24.0 Å². The van der Waals surface area contributed by atoms with Crippen LogP contribution in [0.15, 0.2) is 71.1 Å². The first kappa shape index (κ1) is 20.0. The Morgan fingerprint density at radius 1 is 1.30 bits per heavy atom. The highest BCUT2D eigenvalue weighted by Gasteiger charge is 2.45. The van der Waals surface area contributed by atoms with Gasteiger partial charge >= 0.3 is 0 Å². The van der Waals surface area contributed by atoms with Crippen molar-refractivity contribution in [3.63, 3.8) is 0 Å². The summed E-state index contributed by atoms with van der Waals surface area (Å²) >= 11 is 0. The number of hydrogen-bond donors (Lipinski definition) is 1. The zero-order valence-electron chi connectivity index (χ0n) is 16.5. The molecule has 4 rings (SSSR count). The maximum Gasteiger partial charge on any atom is 0.290 e. The van der Waals surface area contributed by atoms with E-state index in [9.17, 15) is 14.7 Å². The summed E-state index contributed by atoms with van der Waals surface area (Å²) in [7, 11) is 0. The Bertz CT molecular complexity index is 954. The zero-order valence-corrected chi connectivity index (χ0v) is 16.5. The van der Waals surface area contributed by atoms with Gasteiger partial charge in [-0.2, -0.15) is 0 Å². The second-order valence-electron chi connectivity index (χ2n) is 7.23. The fraction of sp³-hybridized carbons (Fsp3) is 0.304. The SMILES string of the molecule is C=CCOc1ccc(C2C(C(=O)c3ccco3)=C(O)C(=O)N2CC2CCCO2)cc1.